The van der Waals surface area contributed by atoms with Gasteiger partial charge in [-0.1, -0.05) is 0 Å². The van der Waals surface area contributed by atoms with Crippen LogP contribution in [-0.4, -0.2) is 32.8 Å². The second kappa shape index (κ2) is 9.44. The molecule has 0 aromatic heterocycles. The summed E-state index contributed by atoms with van der Waals surface area (Å²) in [7, 11) is 3.26. The standard InChI is InChI=1S/C15H22BrN3O2.HI/c1-4-17-15(19-11-5-6-11)18-9-10-7-12(16)14(21-3)13(8-10)20-2;/h7-8,11H,4-6,9H2,1-3H3,(H2,17,18,19);1H. The normalized spacial score (nSPS) is 14.1. The minimum absolute atomic E-state index is 0. The second-order valence-corrected chi connectivity index (χ2v) is 5.78. The number of aliphatic imine (C=N–C) groups is 1. The number of nitrogens with one attached hydrogen (secondary N) is 2. The smallest absolute Gasteiger partial charge is 0.191 e. The fourth-order valence-electron chi connectivity index (χ4n) is 1.97. The molecule has 0 amide bonds. The largest absolute Gasteiger partial charge is 0.493 e. The quantitative estimate of drug-likeness (QED) is 0.370. The number of nitrogens with zero attached hydrogens (tertiary/aromatic N) is 1. The average Bonchev–Trinajstić information content (AvgIpc) is 3.28. The lowest BCUT2D eigenvalue weighted by Gasteiger charge is -2.12. The monoisotopic (exact) mass is 483 g/mol. The van der Waals surface area contributed by atoms with Gasteiger partial charge in [0.15, 0.2) is 17.5 Å². The molecule has 2 N–H and O–H groups in total. The fourth-order valence-corrected chi connectivity index (χ4v) is 2.63. The third-order valence-corrected chi connectivity index (χ3v) is 3.76. The van der Waals surface area contributed by atoms with Crippen LogP contribution in [0, 0.1) is 0 Å². The lowest BCUT2D eigenvalue weighted by molar-refractivity contribution is 0.352. The van der Waals surface area contributed by atoms with E-state index in [-0.39, 0.29) is 24.0 Å². The Bertz CT molecular complexity index is 522. The molecule has 22 heavy (non-hydrogen) atoms. The van der Waals surface area contributed by atoms with E-state index < -0.39 is 0 Å². The first-order valence-corrected chi connectivity index (χ1v) is 7.92. The SMILES string of the molecule is CCNC(=NCc1cc(Br)c(OC)c(OC)c1)NC1CC1.I. The summed E-state index contributed by atoms with van der Waals surface area (Å²) in [6, 6.07) is 4.54. The highest BCUT2D eigenvalue weighted by Crippen LogP contribution is 2.36. The molecule has 0 unspecified atom stereocenters. The summed E-state index contributed by atoms with van der Waals surface area (Å²) >= 11 is 3.50. The zero-order chi connectivity index (χ0) is 15.2. The number of benzene rings is 1. The number of guanidine groups is 1. The predicted octanol–water partition coefficient (Wildman–Crippen LogP) is 3.30. The lowest BCUT2D eigenvalue weighted by atomic mass is 10.2. The highest BCUT2D eigenvalue weighted by Gasteiger charge is 2.22. The van der Waals surface area contributed by atoms with Crippen LogP contribution in [0.15, 0.2) is 21.6 Å². The van der Waals surface area contributed by atoms with Crippen molar-refractivity contribution in [3.8, 4) is 11.5 Å². The maximum atomic E-state index is 5.35. The molecular formula is C15H23BrIN3O2. The molecule has 0 heterocycles. The maximum absolute atomic E-state index is 5.35. The minimum Gasteiger partial charge on any atom is -0.493 e. The molecular weight excluding hydrogens is 461 g/mol. The van der Waals surface area contributed by atoms with Crippen molar-refractivity contribution in [3.05, 3.63) is 22.2 Å². The molecule has 2 rings (SSSR count). The third-order valence-electron chi connectivity index (χ3n) is 3.18. The minimum atomic E-state index is 0. The molecule has 0 atom stereocenters. The molecule has 0 aliphatic heterocycles. The van der Waals surface area contributed by atoms with Crippen LogP contribution in [-0.2, 0) is 6.54 Å². The summed E-state index contributed by atoms with van der Waals surface area (Å²) in [4.78, 5) is 4.61. The number of methoxy groups -OCH3 is 2. The summed E-state index contributed by atoms with van der Waals surface area (Å²) in [5.74, 6) is 2.27. The Morgan fingerprint density at radius 2 is 2.05 bits per heavy atom. The highest BCUT2D eigenvalue weighted by molar-refractivity contribution is 14.0. The van der Waals surface area contributed by atoms with Crippen molar-refractivity contribution in [3.63, 3.8) is 0 Å². The van der Waals surface area contributed by atoms with Gasteiger partial charge in [-0.05, 0) is 53.4 Å². The molecule has 1 saturated carbocycles. The van der Waals surface area contributed by atoms with Crippen LogP contribution in [0.3, 0.4) is 0 Å². The van der Waals surface area contributed by atoms with Crippen molar-refractivity contribution in [2.24, 2.45) is 4.99 Å². The van der Waals surface area contributed by atoms with Gasteiger partial charge in [-0.3, -0.25) is 0 Å². The molecule has 124 valence electrons. The first-order valence-electron chi connectivity index (χ1n) is 7.13. The zero-order valence-corrected chi connectivity index (χ0v) is 17.0. The summed E-state index contributed by atoms with van der Waals surface area (Å²) in [6.45, 7) is 3.51. The van der Waals surface area contributed by atoms with E-state index in [9.17, 15) is 0 Å². The molecule has 1 aliphatic carbocycles. The van der Waals surface area contributed by atoms with Gasteiger partial charge in [-0.15, -0.1) is 24.0 Å². The first-order chi connectivity index (χ1) is 10.2. The number of hydrogen-bond donors (Lipinski definition) is 2. The Morgan fingerprint density at radius 3 is 2.59 bits per heavy atom. The number of rotatable bonds is 6. The fraction of sp³-hybridized carbons (Fsp3) is 0.533. The summed E-state index contributed by atoms with van der Waals surface area (Å²) < 4.78 is 11.5. The van der Waals surface area contributed by atoms with Gasteiger partial charge in [-0.2, -0.15) is 0 Å². The molecule has 1 aromatic carbocycles. The van der Waals surface area contributed by atoms with Crippen molar-refractivity contribution >= 4 is 45.9 Å². The Kier molecular flexibility index (Phi) is 8.30. The van der Waals surface area contributed by atoms with Gasteiger partial charge in [0.25, 0.3) is 0 Å². The molecule has 7 heteroatoms. The van der Waals surface area contributed by atoms with Crippen LogP contribution >= 0.6 is 39.9 Å². The molecule has 1 aliphatic rings. The van der Waals surface area contributed by atoms with Gasteiger partial charge in [0.05, 0.1) is 25.2 Å². The molecule has 1 aromatic rings. The Hall–Kier alpha value is -0.700. The number of hydrogen-bond acceptors (Lipinski definition) is 3. The van der Waals surface area contributed by atoms with E-state index in [1.165, 1.54) is 12.8 Å². The molecule has 5 nitrogen and oxygen atoms in total. The number of ether oxygens (including phenoxy) is 2. The van der Waals surface area contributed by atoms with Crippen LogP contribution in [0.5, 0.6) is 11.5 Å². The summed E-state index contributed by atoms with van der Waals surface area (Å²) in [5, 5.41) is 6.66. The lowest BCUT2D eigenvalue weighted by Crippen LogP contribution is -2.38. The van der Waals surface area contributed by atoms with Crippen molar-refractivity contribution in [2.75, 3.05) is 20.8 Å². The zero-order valence-electron chi connectivity index (χ0n) is 13.1. The van der Waals surface area contributed by atoms with Crippen molar-refractivity contribution in [1.29, 1.82) is 0 Å². The average molecular weight is 484 g/mol. The van der Waals surface area contributed by atoms with Crippen LogP contribution in [0.1, 0.15) is 25.3 Å². The summed E-state index contributed by atoms with van der Waals surface area (Å²) in [6.07, 6.45) is 2.46. The Morgan fingerprint density at radius 1 is 1.32 bits per heavy atom. The van der Waals surface area contributed by atoms with Crippen molar-refractivity contribution in [2.45, 2.75) is 32.4 Å². The van der Waals surface area contributed by atoms with E-state index >= 15 is 0 Å². The van der Waals surface area contributed by atoms with Gasteiger partial charge < -0.3 is 20.1 Å². The number of halogens is 2. The Labute approximate surface area is 157 Å². The second-order valence-electron chi connectivity index (χ2n) is 4.93. The topological polar surface area (TPSA) is 54.9 Å². The van der Waals surface area contributed by atoms with E-state index in [2.05, 4.69) is 38.5 Å². The van der Waals surface area contributed by atoms with Gasteiger partial charge in [0.2, 0.25) is 0 Å². The Balaban J connectivity index is 0.00000242. The molecule has 0 spiro atoms. The van der Waals surface area contributed by atoms with Gasteiger partial charge in [0, 0.05) is 12.6 Å². The molecule has 0 radical (unpaired) electrons. The van der Waals surface area contributed by atoms with Gasteiger partial charge in [0.1, 0.15) is 0 Å². The third kappa shape index (κ3) is 5.49. The summed E-state index contributed by atoms with van der Waals surface area (Å²) in [5.41, 5.74) is 1.06. The predicted molar refractivity (Wildman–Crippen MR) is 104 cm³/mol. The van der Waals surface area contributed by atoms with Crippen molar-refractivity contribution < 1.29 is 9.47 Å². The van der Waals surface area contributed by atoms with Gasteiger partial charge >= 0.3 is 0 Å². The van der Waals surface area contributed by atoms with E-state index in [0.29, 0.717) is 24.1 Å². The van der Waals surface area contributed by atoms with E-state index in [1.807, 2.05) is 12.1 Å². The maximum Gasteiger partial charge on any atom is 0.191 e. The van der Waals surface area contributed by atoms with E-state index in [4.69, 9.17) is 9.47 Å². The first kappa shape index (κ1) is 19.3. The van der Waals surface area contributed by atoms with E-state index in [1.54, 1.807) is 14.2 Å². The molecule has 0 saturated heterocycles. The van der Waals surface area contributed by atoms with Crippen LogP contribution in [0.25, 0.3) is 0 Å². The van der Waals surface area contributed by atoms with Crippen LogP contribution < -0.4 is 20.1 Å². The van der Waals surface area contributed by atoms with E-state index in [0.717, 1.165) is 22.5 Å². The molecule has 0 bridgehead atoms. The van der Waals surface area contributed by atoms with Gasteiger partial charge in [-0.25, -0.2) is 4.99 Å². The van der Waals surface area contributed by atoms with Crippen LogP contribution in [0.2, 0.25) is 0 Å². The highest BCUT2D eigenvalue weighted by atomic mass is 127. The van der Waals surface area contributed by atoms with Crippen LogP contribution in [0.4, 0.5) is 0 Å². The molecule has 1 fully saturated rings. The van der Waals surface area contributed by atoms with Crippen molar-refractivity contribution in [1.82, 2.24) is 10.6 Å².